The molecular weight excluding hydrogens is 403 g/mol. The van der Waals surface area contributed by atoms with Crippen molar-refractivity contribution in [1.82, 2.24) is 4.90 Å². The number of amides is 1. The van der Waals surface area contributed by atoms with E-state index in [0.717, 1.165) is 12.8 Å². The summed E-state index contributed by atoms with van der Waals surface area (Å²) in [5, 5.41) is 0. The van der Waals surface area contributed by atoms with Crippen LogP contribution in [0.4, 0.5) is 0 Å². The Hall–Kier alpha value is -0.300. The van der Waals surface area contributed by atoms with E-state index in [2.05, 4.69) is 6.92 Å². The van der Waals surface area contributed by atoms with E-state index >= 15 is 0 Å². The highest BCUT2D eigenvalue weighted by Gasteiger charge is 2.35. The van der Waals surface area contributed by atoms with Gasteiger partial charge in [0.15, 0.2) is 0 Å². The third-order valence-corrected chi connectivity index (χ3v) is 6.93. The molecule has 30 heavy (non-hydrogen) atoms. The molecule has 1 amide bonds. The van der Waals surface area contributed by atoms with Crippen LogP contribution in [-0.2, 0) is 18.4 Å². The summed E-state index contributed by atoms with van der Waals surface area (Å²) in [5.41, 5.74) is 5.35. The molecule has 178 valence electrons. The molecule has 0 aromatic rings. The van der Waals surface area contributed by atoms with Gasteiger partial charge in [-0.1, -0.05) is 84.0 Å². The van der Waals surface area contributed by atoms with E-state index in [-0.39, 0.29) is 32.3 Å². The van der Waals surface area contributed by atoms with E-state index in [1.54, 1.807) is 4.90 Å². The van der Waals surface area contributed by atoms with Crippen LogP contribution in [0, 0.1) is 0 Å². The summed E-state index contributed by atoms with van der Waals surface area (Å²) in [4.78, 5) is 26.3. The molecule has 0 bridgehead atoms. The van der Waals surface area contributed by atoms with Gasteiger partial charge in [0.25, 0.3) is 0 Å². The molecule has 1 rings (SSSR count). The first-order valence-electron chi connectivity index (χ1n) is 12.1. The van der Waals surface area contributed by atoms with Gasteiger partial charge in [-0.2, -0.15) is 13.6 Å². The van der Waals surface area contributed by atoms with Gasteiger partial charge in [-0.15, -0.1) is 0 Å². The van der Waals surface area contributed by atoms with Gasteiger partial charge in [-0.3, -0.25) is 4.79 Å². The quantitative estimate of drug-likeness (QED) is 0.262. The Morgan fingerprint density at radius 2 is 1.37 bits per heavy atom. The summed E-state index contributed by atoms with van der Waals surface area (Å²) >= 11 is 0. The van der Waals surface area contributed by atoms with Crippen molar-refractivity contribution in [2.24, 2.45) is 5.73 Å². The molecule has 0 radical (unpaired) electrons. The number of carbonyl (C=O) groups is 1. The second-order valence-electron chi connectivity index (χ2n) is 8.11. The number of hydrogen-bond donors (Lipinski definition) is 1. The fourth-order valence-corrected chi connectivity index (χ4v) is 4.78. The lowest BCUT2D eigenvalue weighted by molar-refractivity contribution is -0.250. The average Bonchev–Trinajstić information content (AvgIpc) is 2.72. The minimum absolute atomic E-state index is 0.116. The molecule has 0 aliphatic carbocycles. The molecule has 0 aromatic heterocycles. The zero-order valence-electron chi connectivity index (χ0n) is 19.2. The smallest absolute Gasteiger partial charge is 0.379 e. The van der Waals surface area contributed by atoms with Gasteiger partial charge >= 0.3 is 8.17 Å². The Labute approximate surface area is 184 Å². The fraction of sp³-hybridized carbons (Fsp3) is 0.955. The predicted octanol–water partition coefficient (Wildman–Crippen LogP) is 4.36. The number of nitrogens with zero attached hydrogens (tertiary/aromatic N) is 1. The van der Waals surface area contributed by atoms with Crippen LogP contribution in [0.15, 0.2) is 0 Å². The molecule has 1 aliphatic rings. The van der Waals surface area contributed by atoms with Gasteiger partial charge in [0.1, 0.15) is 19.8 Å². The number of nitrogens with two attached hydrogens (primary N) is 1. The first kappa shape index (κ1) is 27.7. The van der Waals surface area contributed by atoms with E-state index in [1.807, 2.05) is 0 Å². The summed E-state index contributed by atoms with van der Waals surface area (Å²) in [6.45, 7) is 3.75. The van der Waals surface area contributed by atoms with Crippen LogP contribution < -0.4 is 10.6 Å². The van der Waals surface area contributed by atoms with Gasteiger partial charge in [0, 0.05) is 26.1 Å². The van der Waals surface area contributed by atoms with Gasteiger partial charge < -0.3 is 15.5 Å². The maximum Gasteiger partial charge on any atom is 0.379 e. The maximum absolute atomic E-state index is 12.4. The van der Waals surface area contributed by atoms with E-state index in [0.29, 0.717) is 19.5 Å². The summed E-state index contributed by atoms with van der Waals surface area (Å²) in [6.07, 6.45) is 17.4. The molecule has 1 aliphatic heterocycles. The molecule has 8 heteroatoms. The third kappa shape index (κ3) is 13.9. The number of unbranched alkanes of at least 4 members (excludes halogenated alkanes) is 12. The monoisotopic (exact) mass is 448 g/mol. The summed E-state index contributed by atoms with van der Waals surface area (Å²) in [6, 6.07) is 0. The van der Waals surface area contributed by atoms with Crippen LogP contribution in [0.3, 0.4) is 0 Å². The van der Waals surface area contributed by atoms with Crippen LogP contribution in [-0.4, -0.2) is 50.3 Å². The molecule has 0 atom stereocenters. The van der Waals surface area contributed by atoms with Crippen molar-refractivity contribution in [3.8, 4) is 0 Å². The Morgan fingerprint density at radius 1 is 0.900 bits per heavy atom. The van der Waals surface area contributed by atoms with Crippen molar-refractivity contribution in [2.45, 2.75) is 96.8 Å². The molecule has 1 saturated heterocycles. The minimum Gasteiger partial charge on any atom is -0.606 e. The summed E-state index contributed by atoms with van der Waals surface area (Å²) in [7, 11) is -3.53. The highest BCUT2D eigenvalue weighted by molar-refractivity contribution is 7.53. The van der Waals surface area contributed by atoms with E-state index in [1.165, 1.54) is 70.6 Å². The van der Waals surface area contributed by atoms with Gasteiger partial charge in [-0.25, -0.2) is 0 Å². The first-order valence-corrected chi connectivity index (χ1v) is 13.6. The van der Waals surface area contributed by atoms with E-state index < -0.39 is 8.17 Å². The van der Waals surface area contributed by atoms with Gasteiger partial charge in [0.2, 0.25) is 5.91 Å². The molecule has 0 aromatic carbocycles. The number of rotatable bonds is 17. The molecule has 0 unspecified atom stereocenters. The normalized spacial score (nSPS) is 17.0. The van der Waals surface area contributed by atoms with Crippen molar-refractivity contribution in [3.63, 3.8) is 0 Å². The van der Waals surface area contributed by atoms with Crippen LogP contribution in [0.1, 0.15) is 96.8 Å². The topological polar surface area (TPSA) is 97.1 Å². The Kier molecular flexibility index (Phi) is 16.9. The second kappa shape index (κ2) is 18.3. The highest BCUT2D eigenvalue weighted by Crippen LogP contribution is 2.53. The number of hydrogen-bond acceptors (Lipinski definition) is 6. The van der Waals surface area contributed by atoms with Crippen LogP contribution in [0.5, 0.6) is 0 Å². The molecule has 0 spiro atoms. The van der Waals surface area contributed by atoms with Crippen molar-refractivity contribution < 1.29 is 23.3 Å². The van der Waals surface area contributed by atoms with Crippen LogP contribution in [0.2, 0.25) is 0 Å². The Balaban J connectivity index is 1.98. The molecule has 2 N–H and O–H groups in total. The second-order valence-corrected chi connectivity index (χ2v) is 9.78. The van der Waals surface area contributed by atoms with E-state index in [9.17, 15) is 9.69 Å². The van der Waals surface area contributed by atoms with Crippen molar-refractivity contribution >= 4 is 14.1 Å². The number of phosphoric ester groups is 1. The van der Waals surface area contributed by atoms with Crippen LogP contribution in [0.25, 0.3) is 0 Å². The Morgan fingerprint density at radius 3 is 1.83 bits per heavy atom. The Bertz CT molecular complexity index is 418. The molecule has 7 nitrogen and oxygen atoms in total. The zero-order chi connectivity index (χ0) is 21.9. The van der Waals surface area contributed by atoms with E-state index in [4.69, 9.17) is 19.3 Å². The lowest BCUT2D eigenvalue weighted by atomic mass is 10.0. The largest absolute Gasteiger partial charge is 0.606 e. The predicted molar refractivity (Wildman–Crippen MR) is 121 cm³/mol. The highest BCUT2D eigenvalue weighted by atomic mass is 31.2. The van der Waals surface area contributed by atoms with Crippen LogP contribution >= 0.6 is 8.17 Å². The number of phosphoric acid groups is 1. The standard InChI is InChI=1S/C22H45N2O5P/c1-2-3-4-5-6-7-8-9-10-11-12-13-14-15-22(25)24-17-20-28-30(26,27-19-16-23)29-21-18-24/h2-21,23H2,1H3. The fourth-order valence-electron chi connectivity index (χ4n) is 3.62. The lowest BCUT2D eigenvalue weighted by Gasteiger charge is -2.30. The average molecular weight is 449 g/mol. The van der Waals surface area contributed by atoms with Gasteiger partial charge in [0.05, 0.1) is 0 Å². The van der Waals surface area contributed by atoms with Crippen molar-refractivity contribution in [3.05, 3.63) is 0 Å². The summed E-state index contributed by atoms with van der Waals surface area (Å²) in [5.74, 6) is 0.116. The maximum atomic E-state index is 12.4. The van der Waals surface area contributed by atoms with Crippen molar-refractivity contribution in [2.75, 3.05) is 39.5 Å². The third-order valence-electron chi connectivity index (χ3n) is 5.44. The minimum atomic E-state index is -3.53. The number of carbonyl (C=O) groups excluding carboxylic acids is 1. The van der Waals surface area contributed by atoms with Gasteiger partial charge in [-0.05, 0) is 6.42 Å². The van der Waals surface area contributed by atoms with Crippen molar-refractivity contribution in [1.29, 1.82) is 0 Å². The SMILES string of the molecule is CCCCCCCCCCCCCCCC(=O)N1CCO[P+]([O-])(OCCN)OCC1. The lowest BCUT2D eigenvalue weighted by Crippen LogP contribution is -2.39. The first-order chi connectivity index (χ1) is 14.6. The molecular formula is C22H45N2O5P. The summed E-state index contributed by atoms with van der Waals surface area (Å²) < 4.78 is 15.6. The molecule has 1 fully saturated rings. The molecule has 1 heterocycles. The molecule has 0 saturated carbocycles. The zero-order valence-corrected chi connectivity index (χ0v) is 20.0.